The molecule has 0 fully saturated rings. The summed E-state index contributed by atoms with van der Waals surface area (Å²) < 4.78 is 45.1. The highest BCUT2D eigenvalue weighted by atomic mass is 19.4. The summed E-state index contributed by atoms with van der Waals surface area (Å²) in [6, 6.07) is 4.54. The van der Waals surface area contributed by atoms with Crippen molar-refractivity contribution in [2.24, 2.45) is 0 Å². The molecule has 0 bridgehead atoms. The Labute approximate surface area is 147 Å². The minimum absolute atomic E-state index is 0.102. The highest BCUT2D eigenvalue weighted by Crippen LogP contribution is 2.30. The quantitative estimate of drug-likeness (QED) is 0.760. The first kappa shape index (κ1) is 19.7. The first-order valence-corrected chi connectivity index (χ1v) is 7.43. The first-order chi connectivity index (χ1) is 12.2. The highest BCUT2D eigenvalue weighted by Gasteiger charge is 2.30. The van der Waals surface area contributed by atoms with Crippen LogP contribution in [0.3, 0.4) is 0 Å². The molecule has 0 atom stereocenters. The Morgan fingerprint density at radius 3 is 2.50 bits per heavy atom. The van der Waals surface area contributed by atoms with Crippen LogP contribution in [0.5, 0.6) is 0 Å². The maximum absolute atomic E-state index is 13.0. The fourth-order valence-corrected chi connectivity index (χ4v) is 2.29. The van der Waals surface area contributed by atoms with Crippen LogP contribution in [-0.2, 0) is 22.4 Å². The van der Waals surface area contributed by atoms with E-state index in [0.29, 0.717) is 0 Å². The van der Waals surface area contributed by atoms with Crippen LogP contribution in [0.1, 0.15) is 21.5 Å². The lowest BCUT2D eigenvalue weighted by Gasteiger charge is -2.17. The van der Waals surface area contributed by atoms with Crippen molar-refractivity contribution in [3.05, 3.63) is 63.6 Å². The Morgan fingerprint density at radius 2 is 1.92 bits per heavy atom. The van der Waals surface area contributed by atoms with E-state index < -0.39 is 23.1 Å². The van der Waals surface area contributed by atoms with Crippen molar-refractivity contribution < 1.29 is 27.5 Å². The average molecular weight is 370 g/mol. The van der Waals surface area contributed by atoms with Crippen molar-refractivity contribution in [1.82, 2.24) is 9.63 Å². The first-order valence-electron chi connectivity index (χ1n) is 7.43. The summed E-state index contributed by atoms with van der Waals surface area (Å²) >= 11 is 0. The molecule has 9 heteroatoms. The number of alkyl halides is 3. The van der Waals surface area contributed by atoms with Crippen LogP contribution in [0.2, 0.25) is 0 Å². The number of rotatable bonds is 5. The number of halogens is 3. The lowest BCUT2D eigenvalue weighted by molar-refractivity contribution is -0.137. The zero-order valence-corrected chi connectivity index (χ0v) is 14.3. The van der Waals surface area contributed by atoms with Gasteiger partial charge < -0.3 is 9.30 Å². The molecule has 6 nitrogen and oxygen atoms in total. The van der Waals surface area contributed by atoms with E-state index >= 15 is 0 Å². The van der Waals surface area contributed by atoms with Gasteiger partial charge in [-0.1, -0.05) is 6.07 Å². The van der Waals surface area contributed by atoms with Crippen LogP contribution in [0.4, 0.5) is 13.2 Å². The second-order valence-corrected chi connectivity index (χ2v) is 5.40. The molecule has 1 aromatic heterocycles. The molecule has 2 rings (SSSR count). The molecule has 0 saturated carbocycles. The largest absolute Gasteiger partial charge is 0.416 e. The number of hydrogen-bond donors (Lipinski definition) is 0. The van der Waals surface area contributed by atoms with Crippen molar-refractivity contribution in [2.75, 3.05) is 21.3 Å². The number of carbonyl (C=O) groups is 1. The van der Waals surface area contributed by atoms with Crippen molar-refractivity contribution in [1.29, 1.82) is 0 Å². The van der Waals surface area contributed by atoms with Crippen LogP contribution in [0, 0.1) is 0 Å². The SMILES string of the molecule is COCc1cn(-c2cccc(C(F)(F)F)c2)cc(C(=O)N(C)OC)c1=O. The van der Waals surface area contributed by atoms with Gasteiger partial charge in [0.15, 0.2) is 5.43 Å². The Balaban J connectivity index is 2.64. The Kier molecular flexibility index (Phi) is 5.83. The third-order valence-corrected chi connectivity index (χ3v) is 3.66. The zero-order valence-electron chi connectivity index (χ0n) is 14.3. The number of pyridine rings is 1. The van der Waals surface area contributed by atoms with E-state index in [1.165, 1.54) is 50.4 Å². The Hall–Kier alpha value is -2.65. The molecule has 0 saturated heterocycles. The van der Waals surface area contributed by atoms with E-state index in [2.05, 4.69) is 0 Å². The molecule has 0 N–H and O–H groups in total. The van der Waals surface area contributed by atoms with Gasteiger partial charge in [0.25, 0.3) is 5.91 Å². The minimum atomic E-state index is -4.51. The van der Waals surface area contributed by atoms with Crippen LogP contribution in [0.15, 0.2) is 41.5 Å². The number of amides is 1. The number of ether oxygens (including phenoxy) is 1. The maximum Gasteiger partial charge on any atom is 0.416 e. The standard InChI is InChI=1S/C17H17F3N2O4/c1-21(26-3)16(24)14-9-22(8-11(10-25-2)15(14)23)13-6-4-5-12(7-13)17(18,19)20/h4-9H,10H2,1-3H3. The van der Waals surface area contributed by atoms with Crippen LogP contribution in [-0.4, -0.2) is 36.8 Å². The molecule has 1 aromatic carbocycles. The molecular weight excluding hydrogens is 353 g/mol. The number of benzene rings is 1. The van der Waals surface area contributed by atoms with Crippen molar-refractivity contribution in [2.45, 2.75) is 12.8 Å². The summed E-state index contributed by atoms with van der Waals surface area (Å²) in [5, 5.41) is 0.851. The topological polar surface area (TPSA) is 60.8 Å². The smallest absolute Gasteiger partial charge is 0.380 e. The predicted octanol–water partition coefficient (Wildman–Crippen LogP) is 2.64. The van der Waals surface area contributed by atoms with Crippen LogP contribution in [0.25, 0.3) is 5.69 Å². The highest BCUT2D eigenvalue weighted by molar-refractivity contribution is 5.93. The van der Waals surface area contributed by atoms with E-state index in [4.69, 9.17) is 9.57 Å². The summed E-state index contributed by atoms with van der Waals surface area (Å²) in [4.78, 5) is 29.6. The van der Waals surface area contributed by atoms with Gasteiger partial charge in [-0.05, 0) is 18.2 Å². The fraction of sp³-hybridized carbons (Fsp3) is 0.294. The maximum atomic E-state index is 13.0. The van der Waals surface area contributed by atoms with Gasteiger partial charge in [-0.3, -0.25) is 14.4 Å². The van der Waals surface area contributed by atoms with Gasteiger partial charge in [-0.15, -0.1) is 0 Å². The zero-order chi connectivity index (χ0) is 19.5. The monoisotopic (exact) mass is 370 g/mol. The van der Waals surface area contributed by atoms with Gasteiger partial charge in [0, 0.05) is 37.8 Å². The number of nitrogens with zero attached hydrogens (tertiary/aromatic N) is 2. The van der Waals surface area contributed by atoms with Crippen molar-refractivity contribution in [3.63, 3.8) is 0 Å². The lowest BCUT2D eigenvalue weighted by Crippen LogP contribution is -2.32. The van der Waals surface area contributed by atoms with Gasteiger partial charge in [0.2, 0.25) is 0 Å². The van der Waals surface area contributed by atoms with Gasteiger partial charge in [0.05, 0.1) is 19.3 Å². The molecular formula is C17H17F3N2O4. The van der Waals surface area contributed by atoms with Gasteiger partial charge in [-0.25, -0.2) is 5.06 Å². The molecule has 0 spiro atoms. The number of methoxy groups -OCH3 is 1. The number of aromatic nitrogens is 1. The van der Waals surface area contributed by atoms with Crippen molar-refractivity contribution in [3.8, 4) is 5.69 Å². The van der Waals surface area contributed by atoms with Gasteiger partial charge >= 0.3 is 6.18 Å². The molecule has 0 aliphatic heterocycles. The van der Waals surface area contributed by atoms with Crippen molar-refractivity contribution >= 4 is 5.91 Å². The Bertz CT molecular complexity index is 862. The van der Waals surface area contributed by atoms with E-state index in [1.54, 1.807) is 0 Å². The number of hydrogen-bond acceptors (Lipinski definition) is 4. The third kappa shape index (κ3) is 4.12. The number of carbonyl (C=O) groups excluding carboxylic acids is 1. The predicted molar refractivity (Wildman–Crippen MR) is 86.9 cm³/mol. The molecule has 2 aromatic rings. The van der Waals surface area contributed by atoms with Crippen LogP contribution < -0.4 is 5.43 Å². The van der Waals surface area contributed by atoms with Gasteiger partial charge in [-0.2, -0.15) is 13.2 Å². The molecule has 26 heavy (non-hydrogen) atoms. The summed E-state index contributed by atoms with van der Waals surface area (Å²) in [5.74, 6) is -0.726. The third-order valence-electron chi connectivity index (χ3n) is 3.66. The molecule has 0 aliphatic rings. The van der Waals surface area contributed by atoms with E-state index in [0.717, 1.165) is 17.2 Å². The summed E-state index contributed by atoms with van der Waals surface area (Å²) in [6.45, 7) is -0.102. The van der Waals surface area contributed by atoms with E-state index in [1.807, 2.05) is 0 Å². The fourth-order valence-electron chi connectivity index (χ4n) is 2.29. The second kappa shape index (κ2) is 7.71. The summed E-state index contributed by atoms with van der Waals surface area (Å²) in [5.41, 5.74) is -1.40. The molecule has 0 aliphatic carbocycles. The average Bonchev–Trinajstić information content (AvgIpc) is 2.61. The summed E-state index contributed by atoms with van der Waals surface area (Å²) in [7, 11) is 3.94. The molecule has 0 radical (unpaired) electrons. The number of hydroxylamine groups is 2. The van der Waals surface area contributed by atoms with Gasteiger partial charge in [0.1, 0.15) is 5.56 Å². The summed E-state index contributed by atoms with van der Waals surface area (Å²) in [6.07, 6.45) is -2.00. The minimum Gasteiger partial charge on any atom is -0.380 e. The van der Waals surface area contributed by atoms with E-state index in [9.17, 15) is 22.8 Å². The molecule has 0 unspecified atom stereocenters. The van der Waals surface area contributed by atoms with Crippen LogP contribution >= 0.6 is 0 Å². The lowest BCUT2D eigenvalue weighted by atomic mass is 10.1. The molecule has 140 valence electrons. The van der Waals surface area contributed by atoms with E-state index in [-0.39, 0.29) is 23.4 Å². The second-order valence-electron chi connectivity index (χ2n) is 5.40. The molecule has 1 heterocycles. The normalized spacial score (nSPS) is 11.5. The molecule has 1 amide bonds. The Morgan fingerprint density at radius 1 is 1.23 bits per heavy atom.